The van der Waals surface area contributed by atoms with E-state index in [9.17, 15) is 22.1 Å². The van der Waals surface area contributed by atoms with Gasteiger partial charge in [0, 0.05) is 31.6 Å². The lowest BCUT2D eigenvalue weighted by Gasteiger charge is -2.13. The predicted octanol–water partition coefficient (Wildman–Crippen LogP) is 3.65. The van der Waals surface area contributed by atoms with Crippen molar-refractivity contribution in [1.82, 2.24) is 5.12 Å². The van der Waals surface area contributed by atoms with Crippen LogP contribution in [0.3, 0.4) is 0 Å². The van der Waals surface area contributed by atoms with Crippen molar-refractivity contribution < 1.29 is 41.0 Å². The summed E-state index contributed by atoms with van der Waals surface area (Å²) in [5.74, 6) is 0.316. The summed E-state index contributed by atoms with van der Waals surface area (Å²) < 4.78 is 69.6. The van der Waals surface area contributed by atoms with Gasteiger partial charge in [0.05, 0.1) is 45.4 Å². The molecular weight excluding hydrogens is 486 g/mol. The van der Waals surface area contributed by atoms with Crippen LogP contribution < -0.4 is 24.3 Å². The first kappa shape index (κ1) is 29.7. The molecule has 1 amide bonds. The molecule has 0 aromatic heterocycles. The van der Waals surface area contributed by atoms with Gasteiger partial charge in [-0.2, -0.15) is 5.12 Å². The number of alkyl halides is 1. The molecule has 35 heavy (non-hydrogen) atoms. The van der Waals surface area contributed by atoms with Gasteiger partial charge in [-0.05, 0) is 23.8 Å². The van der Waals surface area contributed by atoms with Crippen molar-refractivity contribution in [2.45, 2.75) is 5.75 Å². The van der Waals surface area contributed by atoms with Crippen LogP contribution in [0.15, 0.2) is 35.7 Å². The third kappa shape index (κ3) is 9.79. The second-order valence-electron chi connectivity index (χ2n) is 7.06. The van der Waals surface area contributed by atoms with E-state index >= 15 is 0 Å². The zero-order chi connectivity index (χ0) is 26.6. The van der Waals surface area contributed by atoms with Crippen LogP contribution in [-0.4, -0.2) is 68.7 Å². The van der Waals surface area contributed by atoms with Crippen molar-refractivity contribution in [1.29, 1.82) is 0 Å². The van der Waals surface area contributed by atoms with Gasteiger partial charge in [-0.15, -0.1) is 4.48 Å². The summed E-state index contributed by atoms with van der Waals surface area (Å²) in [7, 11) is 4.72. The molecule has 0 spiro atoms. The molecule has 2 aromatic carbocycles. The second kappa shape index (κ2) is 14.1. The number of amides is 1. The minimum Gasteiger partial charge on any atom is -0.496 e. The summed E-state index contributed by atoms with van der Waals surface area (Å²) in [5, 5.41) is 3.88. The lowest BCUT2D eigenvalue weighted by Crippen LogP contribution is -2.14. The van der Waals surface area contributed by atoms with E-state index < -0.39 is 22.4 Å². The Balaban J connectivity index is 0.00000142. The predicted molar refractivity (Wildman–Crippen MR) is 130 cm³/mol. The number of nitrogens with zero attached hydrogens (tertiary/aromatic N) is 1. The Morgan fingerprint density at radius 3 is 1.97 bits per heavy atom. The molecule has 0 fully saturated rings. The Labute approximate surface area is 204 Å². The van der Waals surface area contributed by atoms with E-state index in [0.29, 0.717) is 33.5 Å². The molecule has 194 valence electrons. The number of sulfone groups is 1. The topological polar surface area (TPSA) is 103 Å². The van der Waals surface area contributed by atoms with Crippen molar-refractivity contribution in [3.05, 3.63) is 46.9 Å². The first-order valence-corrected chi connectivity index (χ1v) is 11.8. The monoisotopic (exact) mass is 516 g/mol. The highest BCUT2D eigenvalue weighted by Crippen LogP contribution is 2.35. The summed E-state index contributed by atoms with van der Waals surface area (Å²) in [5.41, 5.74) is 0.994. The molecular formula is C23H30F2N2O7S. The molecule has 2 aromatic rings. The highest BCUT2D eigenvalue weighted by Gasteiger charge is 2.15. The van der Waals surface area contributed by atoms with E-state index in [1.807, 2.05) is 0 Å². The van der Waals surface area contributed by atoms with Gasteiger partial charge in [-0.3, -0.25) is 4.79 Å². The van der Waals surface area contributed by atoms with Crippen LogP contribution in [-0.2, 0) is 20.4 Å². The SMILES string of the molecule is CN(C)F.COc1cc(OC)c(/C=C/S(=O)(=O)Cc2ccc(OC)c(NC(=O)CF)c2)c(OC)c1. The van der Waals surface area contributed by atoms with Gasteiger partial charge >= 0.3 is 0 Å². The Hall–Kier alpha value is -3.38. The highest BCUT2D eigenvalue weighted by molar-refractivity contribution is 7.93. The molecule has 9 nitrogen and oxygen atoms in total. The lowest BCUT2D eigenvalue weighted by molar-refractivity contribution is -0.117. The first-order chi connectivity index (χ1) is 16.5. The minimum absolute atomic E-state index is 0.181. The maximum atomic E-state index is 12.7. The van der Waals surface area contributed by atoms with Crippen LogP contribution in [0, 0.1) is 0 Å². The number of benzene rings is 2. The fourth-order valence-corrected chi connectivity index (χ4v) is 3.86. The molecule has 0 bridgehead atoms. The third-order valence-electron chi connectivity index (χ3n) is 4.22. The van der Waals surface area contributed by atoms with Crippen molar-refractivity contribution in [2.24, 2.45) is 0 Å². The van der Waals surface area contributed by atoms with Gasteiger partial charge in [0.15, 0.2) is 16.5 Å². The highest BCUT2D eigenvalue weighted by atomic mass is 32.2. The number of rotatable bonds is 10. The summed E-state index contributed by atoms with van der Waals surface area (Å²) in [4.78, 5) is 11.4. The van der Waals surface area contributed by atoms with E-state index in [2.05, 4.69) is 5.32 Å². The average Bonchev–Trinajstić information content (AvgIpc) is 2.81. The van der Waals surface area contributed by atoms with Crippen molar-refractivity contribution in [3.8, 4) is 23.0 Å². The summed E-state index contributed by atoms with van der Waals surface area (Å²) in [6.07, 6.45) is 1.38. The molecule has 0 saturated heterocycles. The van der Waals surface area contributed by atoms with Crippen LogP contribution >= 0.6 is 0 Å². The fraction of sp³-hybridized carbons (Fsp3) is 0.348. The molecule has 1 N–H and O–H groups in total. The summed E-state index contributed by atoms with van der Waals surface area (Å²) >= 11 is 0. The van der Waals surface area contributed by atoms with Crippen LogP contribution in [0.4, 0.5) is 14.6 Å². The van der Waals surface area contributed by atoms with E-state index in [4.69, 9.17) is 18.9 Å². The number of carbonyl (C=O) groups is 1. The smallest absolute Gasteiger partial charge is 0.255 e. The molecule has 12 heteroatoms. The van der Waals surface area contributed by atoms with Crippen molar-refractivity contribution >= 4 is 27.5 Å². The Morgan fingerprint density at radius 2 is 1.51 bits per heavy atom. The number of methoxy groups -OCH3 is 4. The van der Waals surface area contributed by atoms with Crippen molar-refractivity contribution in [2.75, 3.05) is 54.5 Å². The van der Waals surface area contributed by atoms with Gasteiger partial charge in [0.1, 0.15) is 23.0 Å². The number of hydrogen-bond acceptors (Lipinski definition) is 8. The molecule has 0 aliphatic rings. The average molecular weight is 517 g/mol. The van der Waals surface area contributed by atoms with Crippen LogP contribution in [0.5, 0.6) is 23.0 Å². The van der Waals surface area contributed by atoms with Gasteiger partial charge in [0.25, 0.3) is 5.91 Å². The molecule has 0 heterocycles. The van der Waals surface area contributed by atoms with E-state index in [1.54, 1.807) is 18.2 Å². The normalized spacial score (nSPS) is 11.0. The Morgan fingerprint density at radius 1 is 0.971 bits per heavy atom. The molecule has 0 atom stereocenters. The molecule has 0 aliphatic heterocycles. The molecule has 0 aliphatic carbocycles. The quantitative estimate of drug-likeness (QED) is 0.478. The molecule has 2 rings (SSSR count). The van der Waals surface area contributed by atoms with Crippen molar-refractivity contribution in [3.63, 3.8) is 0 Å². The van der Waals surface area contributed by atoms with Gasteiger partial charge < -0.3 is 24.3 Å². The second-order valence-corrected chi connectivity index (χ2v) is 8.94. The number of carbonyl (C=O) groups excluding carboxylic acids is 1. The maximum absolute atomic E-state index is 12.7. The number of hydrogen-bond donors (Lipinski definition) is 1. The third-order valence-corrected chi connectivity index (χ3v) is 5.51. The number of nitrogens with one attached hydrogen (secondary N) is 1. The molecule has 0 saturated carbocycles. The zero-order valence-electron chi connectivity index (χ0n) is 20.4. The zero-order valence-corrected chi connectivity index (χ0v) is 21.2. The Bertz CT molecular complexity index is 1100. The fourth-order valence-electron chi connectivity index (χ4n) is 2.78. The van der Waals surface area contributed by atoms with E-state index in [0.717, 1.165) is 5.41 Å². The summed E-state index contributed by atoms with van der Waals surface area (Å²) in [6.45, 7) is -1.21. The first-order valence-electron chi connectivity index (χ1n) is 10.1. The van der Waals surface area contributed by atoms with Gasteiger partial charge in [-0.25, -0.2) is 12.8 Å². The Kier molecular flexibility index (Phi) is 12.0. The molecule has 0 unspecified atom stereocenters. The number of ether oxygens (including phenoxy) is 4. The minimum atomic E-state index is -3.72. The molecule has 0 radical (unpaired) electrons. The van der Waals surface area contributed by atoms with Crippen LogP contribution in [0.2, 0.25) is 0 Å². The van der Waals surface area contributed by atoms with Gasteiger partial charge in [0.2, 0.25) is 0 Å². The van der Waals surface area contributed by atoms with Crippen LogP contribution in [0.25, 0.3) is 6.08 Å². The van der Waals surface area contributed by atoms with E-state index in [1.165, 1.54) is 60.7 Å². The number of anilines is 1. The maximum Gasteiger partial charge on any atom is 0.255 e. The largest absolute Gasteiger partial charge is 0.496 e. The van der Waals surface area contributed by atoms with Crippen LogP contribution in [0.1, 0.15) is 11.1 Å². The standard InChI is InChI=1S/C21H24FNO7S.C2H6FN/c1-27-15-10-19(29-3)16(20(11-15)30-4)7-8-31(25,26)13-14-5-6-18(28-2)17(9-14)23-21(24)12-22;1-4(2)3/h5-11H,12-13H2,1-4H3,(H,23,24);1-2H3/b8-7+;. The number of halogens is 2. The lowest BCUT2D eigenvalue weighted by atomic mass is 10.1. The summed E-state index contributed by atoms with van der Waals surface area (Å²) in [6, 6.07) is 7.68. The van der Waals surface area contributed by atoms with Gasteiger partial charge in [-0.1, -0.05) is 6.07 Å². The van der Waals surface area contributed by atoms with E-state index in [-0.39, 0.29) is 17.2 Å².